The van der Waals surface area contributed by atoms with Crippen LogP contribution in [-0.4, -0.2) is 50.2 Å². The fourth-order valence-corrected chi connectivity index (χ4v) is 2.64. The second kappa shape index (κ2) is 7.67. The van der Waals surface area contributed by atoms with Crippen LogP contribution in [0.25, 0.3) is 0 Å². The summed E-state index contributed by atoms with van der Waals surface area (Å²) in [6.45, 7) is 3.92. The fourth-order valence-electron chi connectivity index (χ4n) is 2.64. The molecule has 17 heavy (non-hydrogen) atoms. The van der Waals surface area contributed by atoms with Gasteiger partial charge in [0.15, 0.2) is 0 Å². The lowest BCUT2D eigenvalue weighted by atomic mass is 9.94. The van der Waals surface area contributed by atoms with Crippen LogP contribution in [0.1, 0.15) is 39.0 Å². The highest BCUT2D eigenvalue weighted by atomic mass is 16.5. The van der Waals surface area contributed by atoms with Gasteiger partial charge in [-0.3, -0.25) is 9.69 Å². The average Bonchev–Trinajstić information content (AvgIpc) is 2.40. The summed E-state index contributed by atoms with van der Waals surface area (Å²) in [7, 11) is 3.26. The van der Waals surface area contributed by atoms with Crippen LogP contribution >= 0.6 is 0 Å². The second-order valence-electron chi connectivity index (χ2n) is 4.74. The van der Waals surface area contributed by atoms with Gasteiger partial charge in [0.2, 0.25) is 0 Å². The third-order valence-electron chi connectivity index (χ3n) is 3.75. The van der Waals surface area contributed by atoms with E-state index in [1.807, 2.05) is 7.05 Å². The zero-order valence-corrected chi connectivity index (χ0v) is 11.4. The van der Waals surface area contributed by atoms with Gasteiger partial charge in [0.1, 0.15) is 6.04 Å². The Morgan fingerprint density at radius 2 is 2.06 bits per heavy atom. The topological polar surface area (TPSA) is 41.6 Å². The molecule has 1 saturated carbocycles. The van der Waals surface area contributed by atoms with E-state index in [0.29, 0.717) is 6.04 Å². The molecule has 4 nitrogen and oxygen atoms in total. The first-order valence-corrected chi connectivity index (χ1v) is 6.72. The molecule has 1 fully saturated rings. The first-order valence-electron chi connectivity index (χ1n) is 6.72. The quantitative estimate of drug-likeness (QED) is 0.715. The summed E-state index contributed by atoms with van der Waals surface area (Å²) < 4.78 is 4.81. The molecule has 0 amide bonds. The number of carbonyl (C=O) groups is 1. The Balaban J connectivity index is 2.51. The van der Waals surface area contributed by atoms with Crippen LogP contribution in [0.5, 0.6) is 0 Å². The summed E-state index contributed by atoms with van der Waals surface area (Å²) in [6, 6.07) is 0.441. The van der Waals surface area contributed by atoms with Crippen molar-refractivity contribution < 1.29 is 9.53 Å². The minimum atomic E-state index is -0.207. The second-order valence-corrected chi connectivity index (χ2v) is 4.74. The molecule has 0 saturated heterocycles. The molecule has 0 aromatic heterocycles. The lowest BCUT2D eigenvalue weighted by molar-refractivity contribution is -0.143. The highest BCUT2D eigenvalue weighted by Gasteiger charge is 2.25. The predicted octanol–water partition coefficient (Wildman–Crippen LogP) is 1.40. The van der Waals surface area contributed by atoms with E-state index < -0.39 is 0 Å². The van der Waals surface area contributed by atoms with Crippen molar-refractivity contribution in [1.29, 1.82) is 0 Å². The minimum Gasteiger partial charge on any atom is -0.468 e. The van der Waals surface area contributed by atoms with Crippen LogP contribution in [0.4, 0.5) is 0 Å². The molecule has 0 aromatic carbocycles. The van der Waals surface area contributed by atoms with Gasteiger partial charge in [-0.1, -0.05) is 26.2 Å². The van der Waals surface area contributed by atoms with E-state index in [9.17, 15) is 4.79 Å². The van der Waals surface area contributed by atoms with Gasteiger partial charge in [-0.25, -0.2) is 0 Å². The molecule has 1 unspecified atom stereocenters. The van der Waals surface area contributed by atoms with Crippen molar-refractivity contribution in [3.63, 3.8) is 0 Å². The van der Waals surface area contributed by atoms with Crippen molar-refractivity contribution in [3.05, 3.63) is 0 Å². The van der Waals surface area contributed by atoms with Crippen LogP contribution in [-0.2, 0) is 9.53 Å². The number of rotatable bonds is 6. The Hall–Kier alpha value is -0.610. The van der Waals surface area contributed by atoms with E-state index >= 15 is 0 Å². The largest absolute Gasteiger partial charge is 0.468 e. The SMILES string of the molecule is CCN(CC(NC)C(=O)OC)C1CCCCC1. The fraction of sp³-hybridized carbons (Fsp3) is 0.923. The molecule has 0 aromatic rings. The maximum absolute atomic E-state index is 11.6. The molecule has 1 atom stereocenters. The van der Waals surface area contributed by atoms with E-state index in [4.69, 9.17) is 4.74 Å². The summed E-state index contributed by atoms with van der Waals surface area (Å²) >= 11 is 0. The number of esters is 1. The number of carbonyl (C=O) groups excluding carboxylic acids is 1. The Morgan fingerprint density at radius 3 is 2.53 bits per heavy atom. The monoisotopic (exact) mass is 242 g/mol. The molecule has 1 N–H and O–H groups in total. The van der Waals surface area contributed by atoms with Crippen LogP contribution in [0, 0.1) is 0 Å². The van der Waals surface area contributed by atoms with E-state index in [2.05, 4.69) is 17.1 Å². The van der Waals surface area contributed by atoms with Crippen LogP contribution in [0.3, 0.4) is 0 Å². The first-order chi connectivity index (χ1) is 8.22. The van der Waals surface area contributed by atoms with Gasteiger partial charge in [0, 0.05) is 12.6 Å². The zero-order chi connectivity index (χ0) is 12.7. The normalized spacial score (nSPS) is 19.3. The van der Waals surface area contributed by atoms with Gasteiger partial charge in [0.05, 0.1) is 7.11 Å². The molecule has 0 spiro atoms. The average molecular weight is 242 g/mol. The molecule has 0 radical (unpaired) electrons. The summed E-state index contributed by atoms with van der Waals surface area (Å²) in [5.74, 6) is -0.165. The maximum atomic E-state index is 11.6. The van der Waals surface area contributed by atoms with Gasteiger partial charge in [-0.15, -0.1) is 0 Å². The lowest BCUT2D eigenvalue weighted by Crippen LogP contribution is -2.49. The maximum Gasteiger partial charge on any atom is 0.324 e. The highest BCUT2D eigenvalue weighted by Crippen LogP contribution is 2.22. The van der Waals surface area contributed by atoms with Crippen molar-refractivity contribution in [2.24, 2.45) is 0 Å². The highest BCUT2D eigenvalue weighted by molar-refractivity contribution is 5.75. The van der Waals surface area contributed by atoms with Gasteiger partial charge in [-0.05, 0) is 26.4 Å². The third kappa shape index (κ3) is 4.28. The number of likely N-dealkylation sites (N-methyl/N-ethyl adjacent to an activating group) is 2. The smallest absolute Gasteiger partial charge is 0.324 e. The van der Waals surface area contributed by atoms with Crippen LogP contribution in [0.15, 0.2) is 0 Å². The van der Waals surface area contributed by atoms with E-state index in [-0.39, 0.29) is 12.0 Å². The number of nitrogens with one attached hydrogen (secondary N) is 1. The summed E-state index contributed by atoms with van der Waals surface area (Å²) in [5.41, 5.74) is 0. The lowest BCUT2D eigenvalue weighted by Gasteiger charge is -2.35. The van der Waals surface area contributed by atoms with E-state index in [1.165, 1.54) is 39.2 Å². The molecule has 0 bridgehead atoms. The van der Waals surface area contributed by atoms with Crippen LogP contribution in [0.2, 0.25) is 0 Å². The molecule has 0 aliphatic heterocycles. The van der Waals surface area contributed by atoms with E-state index in [1.54, 1.807) is 0 Å². The summed E-state index contributed by atoms with van der Waals surface area (Å²) in [5, 5.41) is 3.04. The Labute approximate surface area is 105 Å². The molecule has 1 rings (SSSR count). The van der Waals surface area contributed by atoms with Crippen molar-refractivity contribution >= 4 is 5.97 Å². The number of hydrogen-bond acceptors (Lipinski definition) is 4. The minimum absolute atomic E-state index is 0.165. The third-order valence-corrected chi connectivity index (χ3v) is 3.75. The predicted molar refractivity (Wildman–Crippen MR) is 69.0 cm³/mol. The van der Waals surface area contributed by atoms with Gasteiger partial charge in [0.25, 0.3) is 0 Å². The Kier molecular flexibility index (Phi) is 6.52. The van der Waals surface area contributed by atoms with Gasteiger partial charge >= 0.3 is 5.97 Å². The number of methoxy groups -OCH3 is 1. The van der Waals surface area contributed by atoms with Crippen molar-refractivity contribution in [1.82, 2.24) is 10.2 Å². The molecule has 4 heteroatoms. The number of nitrogens with zero attached hydrogens (tertiary/aromatic N) is 1. The van der Waals surface area contributed by atoms with Crippen LogP contribution < -0.4 is 5.32 Å². The Morgan fingerprint density at radius 1 is 1.41 bits per heavy atom. The molecule has 0 heterocycles. The standard InChI is InChI=1S/C13H26N2O2/c1-4-15(11-8-6-5-7-9-11)10-12(14-2)13(16)17-3/h11-12,14H,4-10H2,1-3H3. The van der Waals surface area contributed by atoms with E-state index in [0.717, 1.165) is 13.1 Å². The molecule has 1 aliphatic rings. The molecule has 1 aliphatic carbocycles. The van der Waals surface area contributed by atoms with Crippen molar-refractivity contribution in [3.8, 4) is 0 Å². The Bertz CT molecular complexity index is 227. The van der Waals surface area contributed by atoms with Crippen molar-refractivity contribution in [2.75, 3.05) is 27.2 Å². The van der Waals surface area contributed by atoms with Gasteiger partial charge in [-0.2, -0.15) is 0 Å². The molecular weight excluding hydrogens is 216 g/mol. The number of hydrogen-bond donors (Lipinski definition) is 1. The number of ether oxygens (including phenoxy) is 1. The van der Waals surface area contributed by atoms with Gasteiger partial charge < -0.3 is 10.1 Å². The zero-order valence-electron chi connectivity index (χ0n) is 11.4. The first kappa shape index (κ1) is 14.5. The molecular formula is C13H26N2O2. The molecule has 100 valence electrons. The van der Waals surface area contributed by atoms with Crippen molar-refractivity contribution in [2.45, 2.75) is 51.1 Å². The summed E-state index contributed by atoms with van der Waals surface area (Å²) in [4.78, 5) is 14.0. The summed E-state index contributed by atoms with van der Waals surface area (Å²) in [6.07, 6.45) is 6.55.